The maximum atomic E-state index is 13.8. The highest BCUT2D eigenvalue weighted by atomic mass is 32.2. The fraction of sp³-hybridized carbons (Fsp3) is 0.214. The van der Waals surface area contributed by atoms with Crippen molar-refractivity contribution in [2.45, 2.75) is 17.9 Å². The van der Waals surface area contributed by atoms with Crippen LogP contribution in [0, 0.1) is 17.1 Å². The molecule has 0 spiro atoms. The maximum Gasteiger partial charge on any atom is 0.246 e. The number of furan rings is 1. The van der Waals surface area contributed by atoms with Crippen molar-refractivity contribution in [3.05, 3.63) is 54.2 Å². The minimum Gasteiger partial charge on any atom is -0.468 e. The van der Waals surface area contributed by atoms with E-state index in [0.717, 1.165) is 10.4 Å². The topological polar surface area (TPSA) is 74.3 Å². The maximum absolute atomic E-state index is 13.8. The van der Waals surface area contributed by atoms with E-state index in [9.17, 15) is 12.8 Å². The van der Waals surface area contributed by atoms with Crippen LogP contribution in [0.25, 0.3) is 0 Å². The Labute approximate surface area is 122 Å². The average Bonchev–Trinajstić information content (AvgIpc) is 2.96. The molecule has 2 aromatic rings. The molecule has 0 unspecified atom stereocenters. The first-order chi connectivity index (χ1) is 10.1. The van der Waals surface area contributed by atoms with Crippen LogP contribution in [0.15, 0.2) is 52.0 Å². The second-order valence-corrected chi connectivity index (χ2v) is 6.16. The van der Waals surface area contributed by atoms with E-state index in [4.69, 9.17) is 9.68 Å². The van der Waals surface area contributed by atoms with Gasteiger partial charge < -0.3 is 4.42 Å². The van der Waals surface area contributed by atoms with E-state index < -0.39 is 20.7 Å². The Morgan fingerprint density at radius 3 is 2.62 bits per heavy atom. The SMILES string of the molecule is N#CCCN(Cc1ccco1)S(=O)(=O)c1ccccc1F. The molecule has 1 aromatic carbocycles. The highest BCUT2D eigenvalue weighted by Gasteiger charge is 2.27. The van der Waals surface area contributed by atoms with Gasteiger partial charge in [0.05, 0.1) is 18.9 Å². The second-order valence-electron chi connectivity index (χ2n) is 4.26. The van der Waals surface area contributed by atoms with Crippen LogP contribution in [0.3, 0.4) is 0 Å². The molecular weight excluding hydrogens is 295 g/mol. The Bertz CT molecular complexity index is 736. The van der Waals surface area contributed by atoms with E-state index in [1.807, 2.05) is 6.07 Å². The lowest BCUT2D eigenvalue weighted by molar-refractivity contribution is 0.366. The summed E-state index contributed by atoms with van der Waals surface area (Å²) in [6, 6.07) is 10.3. The standard InChI is InChI=1S/C14H13FN2O3S/c15-13-6-1-2-7-14(13)21(18,19)17(9-4-8-16)11-12-5-3-10-20-12/h1-3,5-7,10H,4,9,11H2. The molecule has 7 heteroatoms. The summed E-state index contributed by atoms with van der Waals surface area (Å²) in [5.74, 6) is -0.397. The van der Waals surface area contributed by atoms with Crippen LogP contribution in [0.1, 0.15) is 12.2 Å². The first kappa shape index (κ1) is 15.2. The van der Waals surface area contributed by atoms with Gasteiger partial charge in [-0.2, -0.15) is 9.57 Å². The molecule has 1 aromatic heterocycles. The summed E-state index contributed by atoms with van der Waals surface area (Å²) in [7, 11) is -4.03. The number of sulfonamides is 1. The monoisotopic (exact) mass is 308 g/mol. The van der Waals surface area contributed by atoms with Gasteiger partial charge in [-0.3, -0.25) is 0 Å². The van der Waals surface area contributed by atoms with Gasteiger partial charge in [-0.15, -0.1) is 0 Å². The molecule has 0 aliphatic carbocycles. The van der Waals surface area contributed by atoms with Crippen molar-refractivity contribution in [2.24, 2.45) is 0 Å². The van der Waals surface area contributed by atoms with Gasteiger partial charge in [-0.1, -0.05) is 12.1 Å². The lowest BCUT2D eigenvalue weighted by Gasteiger charge is -2.20. The predicted octanol–water partition coefficient (Wildman–Crippen LogP) is 2.52. The van der Waals surface area contributed by atoms with Crippen LogP contribution in [0.4, 0.5) is 4.39 Å². The van der Waals surface area contributed by atoms with Gasteiger partial charge in [-0.25, -0.2) is 12.8 Å². The smallest absolute Gasteiger partial charge is 0.246 e. The van der Waals surface area contributed by atoms with Crippen molar-refractivity contribution in [2.75, 3.05) is 6.54 Å². The van der Waals surface area contributed by atoms with Gasteiger partial charge >= 0.3 is 0 Å². The molecular formula is C14H13FN2O3S. The van der Waals surface area contributed by atoms with Gasteiger partial charge in [0.25, 0.3) is 0 Å². The van der Waals surface area contributed by atoms with Crippen molar-refractivity contribution in [3.8, 4) is 6.07 Å². The second kappa shape index (κ2) is 6.52. The summed E-state index contributed by atoms with van der Waals surface area (Å²) in [6.07, 6.45) is 1.43. The van der Waals surface area contributed by atoms with Crippen LogP contribution >= 0.6 is 0 Å². The summed E-state index contributed by atoms with van der Waals surface area (Å²) in [5.41, 5.74) is 0. The minimum atomic E-state index is -4.03. The van der Waals surface area contributed by atoms with Gasteiger partial charge in [0.15, 0.2) is 0 Å². The Hall–Kier alpha value is -2.17. The van der Waals surface area contributed by atoms with Crippen LogP contribution in [0.2, 0.25) is 0 Å². The highest BCUT2D eigenvalue weighted by molar-refractivity contribution is 7.89. The molecule has 0 atom stereocenters. The van der Waals surface area contributed by atoms with Crippen molar-refractivity contribution in [3.63, 3.8) is 0 Å². The number of benzene rings is 1. The van der Waals surface area contributed by atoms with Gasteiger partial charge in [-0.05, 0) is 24.3 Å². The normalized spacial score (nSPS) is 11.5. The summed E-state index contributed by atoms with van der Waals surface area (Å²) in [5, 5.41) is 8.66. The molecule has 0 amide bonds. The van der Waals surface area contributed by atoms with Crippen LogP contribution < -0.4 is 0 Å². The van der Waals surface area contributed by atoms with Crippen LogP contribution in [-0.2, 0) is 16.6 Å². The average molecular weight is 308 g/mol. The predicted molar refractivity (Wildman–Crippen MR) is 72.9 cm³/mol. The molecule has 0 saturated heterocycles. The van der Waals surface area contributed by atoms with E-state index in [-0.39, 0.29) is 19.5 Å². The molecule has 21 heavy (non-hydrogen) atoms. The third-order valence-corrected chi connectivity index (χ3v) is 4.72. The zero-order valence-electron chi connectivity index (χ0n) is 11.1. The Morgan fingerprint density at radius 2 is 2.00 bits per heavy atom. The number of hydrogen-bond acceptors (Lipinski definition) is 4. The zero-order chi connectivity index (χ0) is 15.3. The lowest BCUT2D eigenvalue weighted by Crippen LogP contribution is -2.32. The zero-order valence-corrected chi connectivity index (χ0v) is 11.9. The molecule has 0 bridgehead atoms. The molecule has 0 aliphatic rings. The fourth-order valence-corrected chi connectivity index (χ4v) is 3.30. The number of halogens is 1. The summed E-state index contributed by atoms with van der Waals surface area (Å²) in [6.45, 7) is -0.0841. The summed E-state index contributed by atoms with van der Waals surface area (Å²) >= 11 is 0. The minimum absolute atomic E-state index is 0.00832. The van der Waals surface area contributed by atoms with Crippen molar-refractivity contribution < 1.29 is 17.2 Å². The van der Waals surface area contributed by atoms with E-state index in [0.29, 0.717) is 5.76 Å². The number of nitrogens with zero attached hydrogens (tertiary/aromatic N) is 2. The first-order valence-electron chi connectivity index (χ1n) is 6.19. The molecule has 5 nitrogen and oxygen atoms in total. The third-order valence-electron chi connectivity index (χ3n) is 2.84. The molecule has 2 rings (SSSR count). The Balaban J connectivity index is 2.35. The molecule has 0 fully saturated rings. The number of hydrogen-bond donors (Lipinski definition) is 0. The number of nitriles is 1. The lowest BCUT2D eigenvalue weighted by atomic mass is 10.3. The fourth-order valence-electron chi connectivity index (χ4n) is 1.83. The molecule has 1 heterocycles. The van der Waals surface area contributed by atoms with E-state index in [1.54, 1.807) is 12.1 Å². The molecule has 0 N–H and O–H groups in total. The Morgan fingerprint density at radius 1 is 1.24 bits per heavy atom. The van der Waals surface area contributed by atoms with E-state index >= 15 is 0 Å². The first-order valence-corrected chi connectivity index (χ1v) is 7.63. The van der Waals surface area contributed by atoms with Crippen LogP contribution in [-0.4, -0.2) is 19.3 Å². The highest BCUT2D eigenvalue weighted by Crippen LogP contribution is 2.21. The van der Waals surface area contributed by atoms with Gasteiger partial charge in [0, 0.05) is 13.0 Å². The largest absolute Gasteiger partial charge is 0.468 e. The quantitative estimate of drug-likeness (QED) is 0.822. The van der Waals surface area contributed by atoms with Gasteiger partial charge in [0.2, 0.25) is 10.0 Å². The van der Waals surface area contributed by atoms with Crippen molar-refractivity contribution in [1.82, 2.24) is 4.31 Å². The van der Waals surface area contributed by atoms with Gasteiger partial charge in [0.1, 0.15) is 16.5 Å². The molecule has 0 radical (unpaired) electrons. The Kier molecular flexibility index (Phi) is 4.73. The summed E-state index contributed by atoms with van der Waals surface area (Å²) < 4.78 is 45.0. The third kappa shape index (κ3) is 3.48. The van der Waals surface area contributed by atoms with Crippen LogP contribution in [0.5, 0.6) is 0 Å². The van der Waals surface area contributed by atoms with E-state index in [1.165, 1.54) is 24.5 Å². The molecule has 0 aliphatic heterocycles. The van der Waals surface area contributed by atoms with Crippen molar-refractivity contribution in [1.29, 1.82) is 5.26 Å². The van der Waals surface area contributed by atoms with Crippen molar-refractivity contribution >= 4 is 10.0 Å². The molecule has 110 valence electrons. The molecule has 0 saturated carbocycles. The van der Waals surface area contributed by atoms with E-state index in [2.05, 4.69) is 0 Å². The summed E-state index contributed by atoms with van der Waals surface area (Å²) in [4.78, 5) is -0.408. The number of rotatable bonds is 6.